The Morgan fingerprint density at radius 3 is 2.62 bits per heavy atom. The van der Waals surface area contributed by atoms with Gasteiger partial charge >= 0.3 is 6.09 Å². The second kappa shape index (κ2) is 7.46. The van der Waals surface area contributed by atoms with Crippen molar-refractivity contribution in [1.82, 2.24) is 14.5 Å². The van der Waals surface area contributed by atoms with Gasteiger partial charge in [-0.25, -0.2) is 14.8 Å². The van der Waals surface area contributed by atoms with Crippen molar-refractivity contribution in [3.05, 3.63) is 47.9 Å². The number of amides is 1. The topological polar surface area (TPSA) is 60.3 Å². The number of hydrogen-bond donors (Lipinski definition) is 0. The molecule has 2 unspecified atom stereocenters. The first-order valence-electron chi connectivity index (χ1n) is 9.34. The molecule has 0 saturated heterocycles. The van der Waals surface area contributed by atoms with Crippen molar-refractivity contribution in [2.24, 2.45) is 7.05 Å². The molecule has 0 N–H and O–H groups in total. The van der Waals surface area contributed by atoms with Crippen molar-refractivity contribution in [2.75, 3.05) is 11.9 Å². The minimum Gasteiger partial charge on any atom is -0.443 e. The van der Waals surface area contributed by atoms with Gasteiger partial charge in [0.05, 0.1) is 31.6 Å². The standard InChI is InChI=1S/C21H23IN4O2S/c1-21(2,3)28-20(27)26(5)19-15-16(25(4)11-23-15)18-14(24-19)13(22)17(29-18)12-9-7-6-8-10-12/h6-11,13,17H,1-5H3. The van der Waals surface area contributed by atoms with Gasteiger partial charge < -0.3 is 9.30 Å². The Labute approximate surface area is 188 Å². The fourth-order valence-corrected chi connectivity index (χ4v) is 6.32. The minimum absolute atomic E-state index is 0.181. The Hall–Kier alpha value is -1.81. The highest BCUT2D eigenvalue weighted by molar-refractivity contribution is 14.1. The Bertz CT molecular complexity index is 1080. The van der Waals surface area contributed by atoms with Gasteiger partial charge in [-0.2, -0.15) is 0 Å². The number of imidazole rings is 1. The lowest BCUT2D eigenvalue weighted by Crippen LogP contribution is -2.34. The van der Waals surface area contributed by atoms with Crippen LogP contribution in [0.4, 0.5) is 10.6 Å². The maximum absolute atomic E-state index is 12.7. The van der Waals surface area contributed by atoms with E-state index in [0.29, 0.717) is 11.3 Å². The summed E-state index contributed by atoms with van der Waals surface area (Å²) in [6.45, 7) is 5.56. The normalized spacial score (nSPS) is 18.7. The van der Waals surface area contributed by atoms with Crippen LogP contribution in [0.15, 0.2) is 41.6 Å². The first-order valence-corrected chi connectivity index (χ1v) is 11.5. The third-order valence-electron chi connectivity index (χ3n) is 4.71. The van der Waals surface area contributed by atoms with E-state index >= 15 is 0 Å². The molecule has 0 bridgehead atoms. The molecule has 29 heavy (non-hydrogen) atoms. The Morgan fingerprint density at radius 1 is 1.28 bits per heavy atom. The Kier molecular flexibility index (Phi) is 5.27. The number of rotatable bonds is 2. The third kappa shape index (κ3) is 3.72. The number of carbonyl (C=O) groups is 1. The smallest absolute Gasteiger partial charge is 0.415 e. The zero-order valence-corrected chi connectivity index (χ0v) is 20.0. The van der Waals surface area contributed by atoms with E-state index in [1.165, 1.54) is 10.5 Å². The number of hydrogen-bond acceptors (Lipinski definition) is 5. The molecule has 1 amide bonds. The summed E-state index contributed by atoms with van der Waals surface area (Å²) in [5, 5.41) is 0.263. The summed E-state index contributed by atoms with van der Waals surface area (Å²) in [7, 11) is 3.67. The highest BCUT2D eigenvalue weighted by Crippen LogP contribution is 2.58. The molecule has 0 saturated carbocycles. The van der Waals surface area contributed by atoms with Crippen molar-refractivity contribution in [3.8, 4) is 0 Å². The molecule has 2 atom stereocenters. The van der Waals surface area contributed by atoms with Crippen LogP contribution in [0.2, 0.25) is 0 Å². The van der Waals surface area contributed by atoms with E-state index in [1.54, 1.807) is 13.4 Å². The largest absolute Gasteiger partial charge is 0.443 e. The van der Waals surface area contributed by atoms with Crippen LogP contribution in [0, 0.1) is 0 Å². The maximum atomic E-state index is 12.7. The highest BCUT2D eigenvalue weighted by Gasteiger charge is 2.38. The van der Waals surface area contributed by atoms with Crippen LogP contribution in [-0.2, 0) is 11.8 Å². The van der Waals surface area contributed by atoms with E-state index in [9.17, 15) is 4.79 Å². The molecule has 0 fully saturated rings. The molecule has 1 aromatic carbocycles. The Morgan fingerprint density at radius 2 is 1.97 bits per heavy atom. The van der Waals surface area contributed by atoms with E-state index in [-0.39, 0.29) is 9.17 Å². The van der Waals surface area contributed by atoms with Crippen LogP contribution in [0.5, 0.6) is 0 Å². The lowest BCUT2D eigenvalue weighted by atomic mass is 10.1. The number of pyridine rings is 1. The first kappa shape index (κ1) is 20.5. The number of thioether (sulfide) groups is 1. The van der Waals surface area contributed by atoms with E-state index in [4.69, 9.17) is 9.72 Å². The molecule has 6 nitrogen and oxygen atoms in total. The number of aryl methyl sites for hydroxylation is 1. The second-order valence-electron chi connectivity index (χ2n) is 8.09. The SMILES string of the molecule is CN(C(=O)OC(C)(C)C)c1nc2c(c3c1ncn3C)SC(c1ccccc1)C2I. The molecular formula is C21H23IN4O2S. The van der Waals surface area contributed by atoms with Crippen LogP contribution in [0.1, 0.15) is 41.2 Å². The summed E-state index contributed by atoms with van der Waals surface area (Å²) in [6, 6.07) is 10.5. The predicted octanol–water partition coefficient (Wildman–Crippen LogP) is 5.66. The molecular weight excluding hydrogens is 499 g/mol. The molecule has 3 aromatic rings. The molecule has 0 radical (unpaired) electrons. The van der Waals surface area contributed by atoms with E-state index in [0.717, 1.165) is 16.1 Å². The molecule has 1 aliphatic rings. The highest BCUT2D eigenvalue weighted by atomic mass is 127. The number of ether oxygens (including phenoxy) is 1. The van der Waals surface area contributed by atoms with Crippen molar-refractivity contribution in [2.45, 2.75) is 40.4 Å². The van der Waals surface area contributed by atoms with Gasteiger partial charge in [0.2, 0.25) is 0 Å². The molecule has 0 spiro atoms. The summed E-state index contributed by atoms with van der Waals surface area (Å²) >= 11 is 4.28. The first-order chi connectivity index (χ1) is 13.7. The summed E-state index contributed by atoms with van der Waals surface area (Å²) in [5.41, 5.74) is 3.40. The van der Waals surface area contributed by atoms with E-state index < -0.39 is 11.7 Å². The molecule has 1 aliphatic heterocycles. The van der Waals surface area contributed by atoms with Crippen LogP contribution < -0.4 is 4.90 Å². The fourth-order valence-electron chi connectivity index (χ4n) is 3.36. The lowest BCUT2D eigenvalue weighted by Gasteiger charge is -2.24. The number of anilines is 1. The molecule has 152 valence electrons. The van der Waals surface area contributed by atoms with Crippen molar-refractivity contribution in [1.29, 1.82) is 0 Å². The van der Waals surface area contributed by atoms with E-state index in [2.05, 4.69) is 51.8 Å². The average Bonchev–Trinajstić information content (AvgIpc) is 3.20. The number of carbonyl (C=O) groups excluding carboxylic acids is 1. The average molecular weight is 522 g/mol. The zero-order chi connectivity index (χ0) is 20.9. The summed E-state index contributed by atoms with van der Waals surface area (Å²) in [4.78, 5) is 24.8. The number of benzene rings is 1. The molecule has 8 heteroatoms. The van der Waals surface area contributed by atoms with Crippen LogP contribution in [0.3, 0.4) is 0 Å². The monoisotopic (exact) mass is 522 g/mol. The van der Waals surface area contributed by atoms with Gasteiger partial charge in [0.15, 0.2) is 5.82 Å². The van der Waals surface area contributed by atoms with Gasteiger partial charge in [0, 0.05) is 14.1 Å². The van der Waals surface area contributed by atoms with Crippen molar-refractivity contribution < 1.29 is 9.53 Å². The van der Waals surface area contributed by atoms with Crippen molar-refractivity contribution >= 4 is 57.3 Å². The van der Waals surface area contributed by atoms with Gasteiger partial charge in [-0.05, 0) is 26.3 Å². The summed E-state index contributed by atoms with van der Waals surface area (Å²) < 4.78 is 7.74. The number of alkyl halides is 1. The number of aromatic nitrogens is 3. The van der Waals surface area contributed by atoms with Gasteiger partial charge in [-0.1, -0.05) is 52.9 Å². The van der Waals surface area contributed by atoms with Gasteiger partial charge in [0.1, 0.15) is 11.1 Å². The van der Waals surface area contributed by atoms with Gasteiger partial charge in [0.25, 0.3) is 0 Å². The molecule has 3 heterocycles. The van der Waals surface area contributed by atoms with Crippen LogP contribution in [0.25, 0.3) is 11.0 Å². The quantitative estimate of drug-likeness (QED) is 0.321. The van der Waals surface area contributed by atoms with Gasteiger partial charge in [-0.15, -0.1) is 11.8 Å². The fraction of sp³-hybridized carbons (Fsp3) is 0.381. The lowest BCUT2D eigenvalue weighted by molar-refractivity contribution is 0.0588. The summed E-state index contributed by atoms with van der Waals surface area (Å²) in [5.74, 6) is 0.532. The van der Waals surface area contributed by atoms with Crippen LogP contribution >= 0.6 is 34.4 Å². The molecule has 0 aliphatic carbocycles. The minimum atomic E-state index is -0.578. The van der Waals surface area contributed by atoms with Gasteiger partial charge in [-0.3, -0.25) is 4.90 Å². The second-order valence-corrected chi connectivity index (χ2v) is 10.6. The number of halogens is 1. The molecule has 2 aromatic heterocycles. The maximum Gasteiger partial charge on any atom is 0.415 e. The van der Waals surface area contributed by atoms with E-state index in [1.807, 2.05) is 50.2 Å². The summed E-state index contributed by atoms with van der Waals surface area (Å²) in [6.07, 6.45) is 1.34. The molecule has 4 rings (SSSR count). The predicted molar refractivity (Wildman–Crippen MR) is 125 cm³/mol. The number of nitrogens with zero attached hydrogens (tertiary/aromatic N) is 4. The Balaban J connectivity index is 1.81. The van der Waals surface area contributed by atoms with Crippen molar-refractivity contribution in [3.63, 3.8) is 0 Å². The third-order valence-corrected chi connectivity index (χ3v) is 7.94. The number of fused-ring (bicyclic) bond motifs is 3. The van der Waals surface area contributed by atoms with Crippen LogP contribution in [-0.4, -0.2) is 33.3 Å². The zero-order valence-electron chi connectivity index (χ0n) is 17.0.